The van der Waals surface area contributed by atoms with Crippen LogP contribution >= 0.6 is 11.3 Å². The van der Waals surface area contributed by atoms with Gasteiger partial charge in [0.25, 0.3) is 0 Å². The van der Waals surface area contributed by atoms with E-state index in [2.05, 4.69) is 6.07 Å². The van der Waals surface area contributed by atoms with Gasteiger partial charge in [0.05, 0.1) is 20.2 Å². The minimum Gasteiger partial charge on any atom is -0.497 e. The summed E-state index contributed by atoms with van der Waals surface area (Å²) < 4.78 is 5.22. The zero-order chi connectivity index (χ0) is 15.9. The molecule has 2 rings (SSSR count). The van der Waals surface area contributed by atoms with Crippen molar-refractivity contribution >= 4 is 17.2 Å². The smallest absolute Gasteiger partial charge is 0.236 e. The van der Waals surface area contributed by atoms with Gasteiger partial charge in [-0.15, -0.1) is 11.3 Å². The molecule has 0 aliphatic carbocycles. The summed E-state index contributed by atoms with van der Waals surface area (Å²) >= 11 is 1.67. The Morgan fingerprint density at radius 3 is 2.68 bits per heavy atom. The van der Waals surface area contributed by atoms with Crippen molar-refractivity contribution in [1.82, 2.24) is 9.80 Å². The lowest BCUT2D eigenvalue weighted by Crippen LogP contribution is -2.35. The van der Waals surface area contributed by atoms with E-state index in [1.54, 1.807) is 23.3 Å². The average molecular weight is 318 g/mol. The van der Waals surface area contributed by atoms with E-state index >= 15 is 0 Å². The van der Waals surface area contributed by atoms with Crippen LogP contribution in [0.3, 0.4) is 0 Å². The van der Waals surface area contributed by atoms with Crippen molar-refractivity contribution in [2.75, 3.05) is 27.7 Å². The molecule has 1 aromatic carbocycles. The molecule has 0 saturated heterocycles. The van der Waals surface area contributed by atoms with E-state index in [0.29, 0.717) is 13.1 Å². The summed E-state index contributed by atoms with van der Waals surface area (Å²) in [6.07, 6.45) is 0. The van der Waals surface area contributed by atoms with Crippen molar-refractivity contribution in [3.05, 3.63) is 52.2 Å². The highest BCUT2D eigenvalue weighted by Gasteiger charge is 2.13. The third-order valence-corrected chi connectivity index (χ3v) is 4.25. The van der Waals surface area contributed by atoms with Crippen LogP contribution in [-0.2, 0) is 17.9 Å². The van der Waals surface area contributed by atoms with Crippen molar-refractivity contribution in [2.24, 2.45) is 0 Å². The minimum absolute atomic E-state index is 0.124. The first kappa shape index (κ1) is 16.5. The molecule has 4 nitrogen and oxygen atoms in total. The van der Waals surface area contributed by atoms with Crippen molar-refractivity contribution in [1.29, 1.82) is 0 Å². The number of benzene rings is 1. The number of likely N-dealkylation sites (N-methyl/N-ethyl adjacent to an activating group) is 2. The molecule has 0 aliphatic heterocycles. The Morgan fingerprint density at radius 2 is 2.00 bits per heavy atom. The van der Waals surface area contributed by atoms with E-state index in [-0.39, 0.29) is 5.91 Å². The lowest BCUT2D eigenvalue weighted by Gasteiger charge is -2.21. The summed E-state index contributed by atoms with van der Waals surface area (Å²) in [7, 11) is 5.46. The molecule has 0 bridgehead atoms. The van der Waals surface area contributed by atoms with Gasteiger partial charge < -0.3 is 9.64 Å². The fourth-order valence-corrected chi connectivity index (χ4v) is 2.97. The zero-order valence-electron chi connectivity index (χ0n) is 13.3. The van der Waals surface area contributed by atoms with Gasteiger partial charge in [-0.3, -0.25) is 9.69 Å². The van der Waals surface area contributed by atoms with Crippen molar-refractivity contribution in [2.45, 2.75) is 13.1 Å². The highest BCUT2D eigenvalue weighted by atomic mass is 32.1. The van der Waals surface area contributed by atoms with Crippen LogP contribution < -0.4 is 4.74 Å². The summed E-state index contributed by atoms with van der Waals surface area (Å²) in [5.41, 5.74) is 1.13. The van der Waals surface area contributed by atoms with Crippen molar-refractivity contribution in [3.63, 3.8) is 0 Å². The Morgan fingerprint density at radius 1 is 1.18 bits per heavy atom. The lowest BCUT2D eigenvalue weighted by atomic mass is 10.2. The number of rotatable bonds is 7. The molecule has 0 atom stereocenters. The van der Waals surface area contributed by atoms with Crippen LogP contribution in [0.2, 0.25) is 0 Å². The van der Waals surface area contributed by atoms with Gasteiger partial charge >= 0.3 is 0 Å². The molecule has 5 heteroatoms. The van der Waals surface area contributed by atoms with Gasteiger partial charge in [-0.25, -0.2) is 0 Å². The van der Waals surface area contributed by atoms with E-state index in [4.69, 9.17) is 4.74 Å². The number of carbonyl (C=O) groups excluding carboxylic acids is 1. The summed E-state index contributed by atoms with van der Waals surface area (Å²) in [6.45, 7) is 1.79. The first-order chi connectivity index (χ1) is 10.6. The van der Waals surface area contributed by atoms with Gasteiger partial charge in [0, 0.05) is 18.5 Å². The summed E-state index contributed by atoms with van der Waals surface area (Å²) in [6, 6.07) is 12.0. The van der Waals surface area contributed by atoms with Crippen LogP contribution in [0, 0.1) is 0 Å². The number of hydrogen-bond acceptors (Lipinski definition) is 4. The second-order valence-corrected chi connectivity index (χ2v) is 6.39. The largest absolute Gasteiger partial charge is 0.497 e. The van der Waals surface area contributed by atoms with E-state index in [1.807, 2.05) is 54.7 Å². The predicted octanol–water partition coefficient (Wildman–Crippen LogP) is 2.85. The molecular formula is C17H22N2O2S. The van der Waals surface area contributed by atoms with Gasteiger partial charge in [-0.1, -0.05) is 18.2 Å². The number of methoxy groups -OCH3 is 1. The van der Waals surface area contributed by atoms with E-state index < -0.39 is 0 Å². The monoisotopic (exact) mass is 318 g/mol. The Kier molecular flexibility index (Phi) is 5.98. The fraction of sp³-hybridized carbons (Fsp3) is 0.353. The minimum atomic E-state index is 0.124. The molecule has 0 aliphatic rings. The molecule has 0 fully saturated rings. The number of thiophene rings is 1. The first-order valence-electron chi connectivity index (χ1n) is 7.16. The third-order valence-electron chi connectivity index (χ3n) is 3.39. The molecule has 22 heavy (non-hydrogen) atoms. The molecule has 0 saturated carbocycles. The number of ether oxygens (including phenoxy) is 1. The Bertz CT molecular complexity index is 598. The van der Waals surface area contributed by atoms with E-state index in [0.717, 1.165) is 17.9 Å². The van der Waals surface area contributed by atoms with Crippen LogP contribution in [0.1, 0.15) is 10.4 Å². The molecular weight excluding hydrogens is 296 g/mol. The Balaban J connectivity index is 1.85. The van der Waals surface area contributed by atoms with Crippen LogP contribution in [-0.4, -0.2) is 43.5 Å². The van der Waals surface area contributed by atoms with Crippen LogP contribution in [0.25, 0.3) is 0 Å². The van der Waals surface area contributed by atoms with Crippen LogP contribution in [0.4, 0.5) is 0 Å². The second kappa shape index (κ2) is 7.96. The normalized spacial score (nSPS) is 10.7. The van der Waals surface area contributed by atoms with Crippen LogP contribution in [0.5, 0.6) is 5.75 Å². The maximum absolute atomic E-state index is 12.3. The number of carbonyl (C=O) groups is 1. The Hall–Kier alpha value is -1.85. The van der Waals surface area contributed by atoms with Gasteiger partial charge in [0.2, 0.25) is 5.91 Å². The summed E-state index contributed by atoms with van der Waals surface area (Å²) in [5, 5.41) is 2.03. The standard InChI is InChI=1S/C17H22N2O2S/c1-18(11-14-6-4-7-15(10-14)21-3)13-17(20)19(2)12-16-8-5-9-22-16/h4-10H,11-13H2,1-3H3. The molecule has 118 valence electrons. The first-order valence-corrected chi connectivity index (χ1v) is 8.04. The molecule has 1 aromatic heterocycles. The number of amides is 1. The SMILES string of the molecule is COc1cccc(CN(C)CC(=O)N(C)Cc2cccs2)c1. The van der Waals surface area contributed by atoms with Gasteiger partial charge in [-0.2, -0.15) is 0 Å². The van der Waals surface area contributed by atoms with Gasteiger partial charge in [0.1, 0.15) is 5.75 Å². The van der Waals surface area contributed by atoms with E-state index in [1.165, 1.54) is 4.88 Å². The average Bonchev–Trinajstić information content (AvgIpc) is 3.00. The molecule has 1 amide bonds. The number of nitrogens with zero attached hydrogens (tertiary/aromatic N) is 2. The summed E-state index contributed by atoms with van der Waals surface area (Å²) in [5.74, 6) is 0.964. The molecule has 2 aromatic rings. The fourth-order valence-electron chi connectivity index (χ4n) is 2.21. The maximum atomic E-state index is 12.3. The van der Waals surface area contributed by atoms with Gasteiger partial charge in [-0.05, 0) is 36.2 Å². The van der Waals surface area contributed by atoms with Crippen molar-refractivity contribution in [3.8, 4) is 5.75 Å². The molecule has 0 radical (unpaired) electrons. The highest BCUT2D eigenvalue weighted by Crippen LogP contribution is 2.14. The molecule has 1 heterocycles. The molecule has 0 N–H and O–H groups in total. The zero-order valence-corrected chi connectivity index (χ0v) is 14.1. The Labute approximate surface area is 135 Å². The second-order valence-electron chi connectivity index (χ2n) is 5.35. The van der Waals surface area contributed by atoms with Crippen molar-refractivity contribution < 1.29 is 9.53 Å². The third kappa shape index (κ3) is 4.86. The predicted molar refractivity (Wildman–Crippen MR) is 90.1 cm³/mol. The molecule has 0 unspecified atom stereocenters. The van der Waals surface area contributed by atoms with E-state index in [9.17, 15) is 4.79 Å². The topological polar surface area (TPSA) is 32.8 Å². The van der Waals surface area contributed by atoms with Crippen LogP contribution in [0.15, 0.2) is 41.8 Å². The number of hydrogen-bond donors (Lipinski definition) is 0. The van der Waals surface area contributed by atoms with Gasteiger partial charge in [0.15, 0.2) is 0 Å². The quantitative estimate of drug-likeness (QED) is 0.787. The maximum Gasteiger partial charge on any atom is 0.236 e. The summed E-state index contributed by atoms with van der Waals surface area (Å²) in [4.78, 5) is 17.2. The molecule has 0 spiro atoms. The lowest BCUT2D eigenvalue weighted by molar-refractivity contribution is -0.131. The highest BCUT2D eigenvalue weighted by molar-refractivity contribution is 7.09.